The highest BCUT2D eigenvalue weighted by Gasteiger charge is 2.30. The van der Waals surface area contributed by atoms with E-state index in [2.05, 4.69) is 46.0 Å². The van der Waals surface area contributed by atoms with Gasteiger partial charge in [-0.3, -0.25) is 14.4 Å². The molecule has 0 aliphatic heterocycles. The monoisotopic (exact) mass is 1080 g/mol. The van der Waals surface area contributed by atoms with Gasteiger partial charge in [0.2, 0.25) is 0 Å². The van der Waals surface area contributed by atoms with E-state index >= 15 is 0 Å². The van der Waals surface area contributed by atoms with Crippen LogP contribution in [-0.4, -0.2) is 88.3 Å². The van der Waals surface area contributed by atoms with Gasteiger partial charge in [0.25, 0.3) is 17.4 Å². The number of anilines is 2. The highest BCUT2D eigenvalue weighted by molar-refractivity contribution is 6.36. The number of pyridine rings is 1. The van der Waals surface area contributed by atoms with Crippen LogP contribution in [0, 0.1) is 11.3 Å². The lowest BCUT2D eigenvalue weighted by Crippen LogP contribution is -2.47. The molecule has 0 spiro atoms. The van der Waals surface area contributed by atoms with Gasteiger partial charge in [0, 0.05) is 37.1 Å². The van der Waals surface area contributed by atoms with Crippen LogP contribution in [0.4, 0.5) is 24.5 Å². The number of methoxy groups -OCH3 is 2. The van der Waals surface area contributed by atoms with Crippen molar-refractivity contribution in [1.82, 2.24) is 4.57 Å². The molecule has 0 saturated heterocycles. The van der Waals surface area contributed by atoms with Gasteiger partial charge in [-0.25, -0.2) is 9.59 Å². The van der Waals surface area contributed by atoms with Gasteiger partial charge >= 0.3 is 18.1 Å². The fourth-order valence-electron chi connectivity index (χ4n) is 7.00. The number of alkyl halides is 3. The summed E-state index contributed by atoms with van der Waals surface area (Å²) in [5.74, 6) is -3.46. The van der Waals surface area contributed by atoms with Crippen molar-refractivity contribution in [3.63, 3.8) is 0 Å². The zero-order chi connectivity index (χ0) is 57.0. The van der Waals surface area contributed by atoms with E-state index in [-0.39, 0.29) is 35.2 Å². The van der Waals surface area contributed by atoms with E-state index in [9.17, 15) is 52.5 Å². The Morgan fingerprint density at radius 1 is 0.816 bits per heavy atom. The zero-order valence-electron chi connectivity index (χ0n) is 43.5. The molecule has 0 saturated carbocycles. The molecule has 5 rings (SSSR count). The number of nitrogens with two attached hydrogens (primary N) is 1. The molecule has 0 aliphatic carbocycles. The van der Waals surface area contributed by atoms with Gasteiger partial charge in [0.15, 0.2) is 5.57 Å². The number of aryl methyl sites for hydroxylation is 3. The number of nitriles is 1. The van der Waals surface area contributed by atoms with Crippen molar-refractivity contribution in [3.8, 4) is 11.8 Å². The molecule has 0 unspecified atom stereocenters. The van der Waals surface area contributed by atoms with Crippen LogP contribution >= 0.6 is 11.6 Å². The fourth-order valence-corrected chi connectivity index (χ4v) is 7.26. The number of hydrogen-bond acceptors (Lipinski definition) is 13. The molecule has 2 amide bonds. The number of halogens is 4. The minimum atomic E-state index is -4.46. The van der Waals surface area contributed by atoms with Gasteiger partial charge in [-0.2, -0.15) is 18.4 Å². The van der Waals surface area contributed by atoms with Crippen molar-refractivity contribution in [1.29, 1.82) is 5.26 Å². The smallest absolute Gasteiger partial charge is 0.416 e. The minimum Gasteiger partial charge on any atom is -0.511 e. The van der Waals surface area contributed by atoms with E-state index in [0.717, 1.165) is 56.2 Å². The van der Waals surface area contributed by atoms with Gasteiger partial charge in [-0.15, -0.1) is 0 Å². The Labute approximate surface area is 445 Å². The topological polar surface area (TPSA) is 255 Å². The summed E-state index contributed by atoms with van der Waals surface area (Å²) in [7, 11) is 4.00. The molecule has 0 radical (unpaired) electrons. The number of benzene rings is 4. The molecule has 4 aromatic carbocycles. The van der Waals surface area contributed by atoms with E-state index in [1.807, 2.05) is 6.07 Å². The predicted molar refractivity (Wildman–Crippen MR) is 287 cm³/mol. The Bertz CT molecular complexity index is 2810. The quantitative estimate of drug-likeness (QED) is 0.0148. The molecule has 0 fully saturated rings. The number of ether oxygens (including phenoxy) is 2. The number of rotatable bonds is 19. The van der Waals surface area contributed by atoms with Crippen molar-refractivity contribution in [2.24, 2.45) is 12.8 Å². The number of fused-ring (bicyclic) bond motifs is 1. The average Bonchev–Trinajstić information content (AvgIpc) is 3.41. The summed E-state index contributed by atoms with van der Waals surface area (Å²) in [5, 5.41) is 49.5. The molecule has 0 atom stereocenters. The number of para-hydroxylation sites is 1. The van der Waals surface area contributed by atoms with Crippen LogP contribution < -0.4 is 21.5 Å². The third-order valence-electron chi connectivity index (χ3n) is 11.5. The molecule has 5 aromatic rings. The maximum absolute atomic E-state index is 13.0. The van der Waals surface area contributed by atoms with Gasteiger partial charge in [-0.05, 0) is 99.2 Å². The number of esters is 2. The van der Waals surface area contributed by atoms with Crippen LogP contribution in [0.15, 0.2) is 125 Å². The van der Waals surface area contributed by atoms with Gasteiger partial charge < -0.3 is 50.4 Å². The number of allylic oxidation sites excluding steroid dienone is 1. The second-order valence-corrected chi connectivity index (χ2v) is 17.5. The Kier molecular flexibility index (Phi) is 27.8. The number of aliphatic hydroxyl groups is 3. The SMILES string of the molecule is C/C(O)=C(\C#N)C(=O)Nc1ccc(C(F)(F)F)cc1.CCCCCCCCc1ccc(CCC(N)(CO)CO)cc1.CCN(C(=O)c1c(O)c2c(Cl)cccc2n(C)c1=O)c1ccccc1.COC(=O)/C=C/C(=O)OC. The van der Waals surface area contributed by atoms with Crippen LogP contribution in [0.3, 0.4) is 0 Å². The number of aliphatic hydroxyl groups excluding tert-OH is 3. The first-order valence-electron chi connectivity index (χ1n) is 24.1. The minimum absolute atomic E-state index is 0.0898. The van der Waals surface area contributed by atoms with E-state index in [4.69, 9.17) is 27.7 Å². The summed E-state index contributed by atoms with van der Waals surface area (Å²) in [4.78, 5) is 59.3. The Morgan fingerprint density at radius 3 is 1.84 bits per heavy atom. The maximum atomic E-state index is 13.0. The number of aromatic hydroxyl groups is 1. The average molecular weight is 1080 g/mol. The van der Waals surface area contributed by atoms with E-state index in [1.165, 1.54) is 79.4 Å². The number of aromatic nitrogens is 1. The van der Waals surface area contributed by atoms with Crippen LogP contribution in [0.1, 0.15) is 92.8 Å². The Hall–Kier alpha value is -7.50. The molecule has 1 heterocycles. The number of unbranched alkanes of at least 4 members (excludes halogenated alkanes) is 5. The van der Waals surface area contributed by atoms with Crippen molar-refractivity contribution in [3.05, 3.63) is 158 Å². The molecule has 20 heteroatoms. The van der Waals surface area contributed by atoms with Crippen molar-refractivity contribution in [2.75, 3.05) is 44.2 Å². The predicted octanol–water partition coefficient (Wildman–Crippen LogP) is 9.66. The van der Waals surface area contributed by atoms with Crippen LogP contribution in [0.25, 0.3) is 10.9 Å². The molecule has 1 aromatic heterocycles. The third kappa shape index (κ3) is 20.7. The van der Waals surface area contributed by atoms with Gasteiger partial charge in [0.1, 0.15) is 23.1 Å². The van der Waals surface area contributed by atoms with Gasteiger partial charge in [-0.1, -0.05) is 99.2 Å². The Morgan fingerprint density at radius 2 is 1.36 bits per heavy atom. The second kappa shape index (κ2) is 32.7. The summed E-state index contributed by atoms with van der Waals surface area (Å²) in [6.45, 7) is 5.20. The fraction of sp³-hybridized carbons (Fsp3) is 0.357. The zero-order valence-corrected chi connectivity index (χ0v) is 44.2. The Balaban J connectivity index is 0.000000361. The first-order valence-corrected chi connectivity index (χ1v) is 24.5. The summed E-state index contributed by atoms with van der Waals surface area (Å²) in [5.41, 5.74) is 6.64. The number of hydrogen-bond donors (Lipinski definition) is 6. The van der Waals surface area contributed by atoms with E-state index < -0.39 is 57.9 Å². The number of nitrogens with zero attached hydrogens (tertiary/aromatic N) is 3. The highest BCUT2D eigenvalue weighted by atomic mass is 35.5. The van der Waals surface area contributed by atoms with Crippen LogP contribution in [0.2, 0.25) is 5.02 Å². The lowest BCUT2D eigenvalue weighted by atomic mass is 9.93. The normalized spacial score (nSPS) is 11.3. The maximum Gasteiger partial charge on any atom is 0.416 e. The van der Waals surface area contributed by atoms with E-state index in [1.54, 1.807) is 56.4 Å². The lowest BCUT2D eigenvalue weighted by Gasteiger charge is -2.24. The van der Waals surface area contributed by atoms with Crippen LogP contribution in [-0.2, 0) is 49.9 Å². The molecule has 410 valence electrons. The number of carbonyl (C=O) groups is 4. The highest BCUT2D eigenvalue weighted by Crippen LogP contribution is 2.34. The van der Waals surface area contributed by atoms with Crippen molar-refractivity contribution >= 4 is 57.6 Å². The molecule has 16 nitrogen and oxygen atoms in total. The number of amides is 2. The molecule has 76 heavy (non-hydrogen) atoms. The molecular weight excluding hydrogens is 1010 g/mol. The molecular formula is C56H67ClF3N5O11. The summed E-state index contributed by atoms with van der Waals surface area (Å²) < 4.78 is 46.6. The first kappa shape index (κ1) is 64.6. The second-order valence-electron chi connectivity index (χ2n) is 17.1. The number of carbonyl (C=O) groups excluding carboxylic acids is 4. The number of nitrogens with one attached hydrogen (secondary N) is 1. The molecule has 7 N–H and O–H groups in total. The van der Waals surface area contributed by atoms with Gasteiger partial charge in [0.05, 0.1) is 54.5 Å². The van der Waals surface area contributed by atoms with Crippen LogP contribution in [0.5, 0.6) is 5.75 Å². The summed E-state index contributed by atoms with van der Waals surface area (Å²) in [6, 6.07) is 27.9. The molecule has 0 aliphatic rings. The summed E-state index contributed by atoms with van der Waals surface area (Å²) >= 11 is 6.19. The van der Waals surface area contributed by atoms with E-state index in [0.29, 0.717) is 29.6 Å². The standard InChI is InChI=1S/C19H17ClN2O3.C19H33NO2.C12H9F3N2O2.C6H8O4/c1-3-22(12-8-5-4-6-9-12)19(25)16-17(23)15-13(20)10-7-11-14(15)21(2)18(16)24;1-2-3-4-5-6-7-8-17-9-11-18(12-10-17)13-14-19(20,15-21)16-22;1-7(18)10(6-16)11(19)17-9-4-2-8(3-5-9)12(13,14)15;1-9-5(7)3-4-6(8)10-2/h4-11,23H,3H2,1-2H3;9-12,21-22H,2-8,13-16,20H2,1H3;2-5,18H,1H3,(H,17,19);3-4H,1-2H3/b;;10-7-;4-3+. The van der Waals surface area contributed by atoms with Crippen molar-refractivity contribution in [2.45, 2.75) is 90.3 Å². The first-order chi connectivity index (χ1) is 36.1. The molecule has 0 bridgehead atoms. The largest absolute Gasteiger partial charge is 0.511 e. The lowest BCUT2D eigenvalue weighted by molar-refractivity contribution is -0.137. The summed E-state index contributed by atoms with van der Waals surface area (Å²) in [6.07, 6.45) is 8.04. The third-order valence-corrected chi connectivity index (χ3v) is 11.8. The van der Waals surface area contributed by atoms with Crippen molar-refractivity contribution < 1.29 is 62.2 Å².